The second kappa shape index (κ2) is 5.64. The SMILES string of the molecule is CCCC1NC(C)(CC)C(=O)N1CC1CCS(=O)(=O)C1. The maximum absolute atomic E-state index is 12.6. The fourth-order valence-electron chi connectivity index (χ4n) is 3.22. The summed E-state index contributed by atoms with van der Waals surface area (Å²) in [4.78, 5) is 14.5. The second-order valence-electron chi connectivity index (χ2n) is 6.36. The Labute approximate surface area is 122 Å². The van der Waals surface area contributed by atoms with Gasteiger partial charge in [-0.15, -0.1) is 0 Å². The molecule has 0 aliphatic carbocycles. The summed E-state index contributed by atoms with van der Waals surface area (Å²) >= 11 is 0. The first-order valence-corrected chi connectivity index (χ1v) is 9.42. The topological polar surface area (TPSA) is 66.5 Å². The van der Waals surface area contributed by atoms with Gasteiger partial charge < -0.3 is 4.90 Å². The Bertz CT molecular complexity index is 477. The average molecular weight is 302 g/mol. The number of nitrogens with zero attached hydrogens (tertiary/aromatic N) is 1. The third-order valence-electron chi connectivity index (χ3n) is 4.65. The van der Waals surface area contributed by atoms with Crippen molar-refractivity contribution in [1.29, 1.82) is 0 Å². The van der Waals surface area contributed by atoms with Crippen LogP contribution in [0.5, 0.6) is 0 Å². The summed E-state index contributed by atoms with van der Waals surface area (Å²) in [5.74, 6) is 0.738. The molecule has 0 radical (unpaired) electrons. The van der Waals surface area contributed by atoms with Gasteiger partial charge in [-0.25, -0.2) is 8.42 Å². The zero-order valence-electron chi connectivity index (χ0n) is 12.7. The van der Waals surface area contributed by atoms with Crippen molar-refractivity contribution < 1.29 is 13.2 Å². The van der Waals surface area contributed by atoms with Crippen LogP contribution in [0, 0.1) is 5.92 Å². The van der Waals surface area contributed by atoms with Gasteiger partial charge in [-0.05, 0) is 32.1 Å². The summed E-state index contributed by atoms with van der Waals surface area (Å²) < 4.78 is 23.1. The quantitative estimate of drug-likeness (QED) is 0.827. The number of amides is 1. The van der Waals surface area contributed by atoms with Gasteiger partial charge in [0.2, 0.25) is 5.91 Å². The Morgan fingerprint density at radius 1 is 1.40 bits per heavy atom. The zero-order valence-corrected chi connectivity index (χ0v) is 13.5. The third-order valence-corrected chi connectivity index (χ3v) is 6.48. The summed E-state index contributed by atoms with van der Waals surface area (Å²) in [5, 5.41) is 3.44. The molecule has 2 saturated heterocycles. The van der Waals surface area contributed by atoms with Gasteiger partial charge in [0.05, 0.1) is 23.2 Å². The van der Waals surface area contributed by atoms with E-state index in [1.54, 1.807) is 0 Å². The van der Waals surface area contributed by atoms with E-state index in [1.807, 2.05) is 18.7 Å². The highest BCUT2D eigenvalue weighted by Crippen LogP contribution is 2.29. The van der Waals surface area contributed by atoms with Gasteiger partial charge in [-0.1, -0.05) is 20.3 Å². The van der Waals surface area contributed by atoms with Crippen molar-refractivity contribution in [2.45, 2.75) is 58.2 Å². The Morgan fingerprint density at radius 2 is 2.10 bits per heavy atom. The second-order valence-corrected chi connectivity index (χ2v) is 8.59. The summed E-state index contributed by atoms with van der Waals surface area (Å²) in [5.41, 5.74) is -0.489. The van der Waals surface area contributed by atoms with Gasteiger partial charge >= 0.3 is 0 Å². The van der Waals surface area contributed by atoms with Gasteiger partial charge in [-0.2, -0.15) is 0 Å². The first-order chi connectivity index (χ1) is 9.31. The van der Waals surface area contributed by atoms with Gasteiger partial charge in [0.1, 0.15) is 0 Å². The minimum absolute atomic E-state index is 0.0563. The first-order valence-electron chi connectivity index (χ1n) is 7.60. The lowest BCUT2D eigenvalue weighted by Gasteiger charge is -2.26. The highest BCUT2D eigenvalue weighted by Gasteiger charge is 2.47. The molecule has 2 heterocycles. The van der Waals surface area contributed by atoms with Crippen LogP contribution in [0.3, 0.4) is 0 Å². The minimum atomic E-state index is -2.88. The van der Waals surface area contributed by atoms with Crippen LogP contribution < -0.4 is 5.32 Å². The Balaban J connectivity index is 2.09. The molecule has 6 heteroatoms. The minimum Gasteiger partial charge on any atom is -0.325 e. The molecule has 0 aromatic heterocycles. The number of carbonyl (C=O) groups is 1. The predicted molar refractivity (Wildman–Crippen MR) is 79.0 cm³/mol. The molecule has 2 rings (SSSR count). The van der Waals surface area contributed by atoms with E-state index >= 15 is 0 Å². The van der Waals surface area contributed by atoms with Gasteiger partial charge in [0.25, 0.3) is 0 Å². The van der Waals surface area contributed by atoms with Crippen molar-refractivity contribution in [3.05, 3.63) is 0 Å². The number of sulfone groups is 1. The molecular formula is C14H26N2O3S. The zero-order chi connectivity index (χ0) is 15.0. The molecule has 0 bridgehead atoms. The van der Waals surface area contributed by atoms with E-state index in [-0.39, 0.29) is 29.5 Å². The molecule has 3 unspecified atom stereocenters. The molecule has 1 N–H and O–H groups in total. The first kappa shape index (κ1) is 15.8. The van der Waals surface area contributed by atoms with Crippen molar-refractivity contribution in [3.8, 4) is 0 Å². The van der Waals surface area contributed by atoms with Gasteiger partial charge in [0.15, 0.2) is 9.84 Å². The van der Waals surface area contributed by atoms with Crippen LogP contribution in [-0.2, 0) is 14.6 Å². The molecule has 2 aliphatic rings. The predicted octanol–water partition coefficient (Wildman–Crippen LogP) is 1.15. The highest BCUT2D eigenvalue weighted by molar-refractivity contribution is 7.91. The van der Waals surface area contributed by atoms with Crippen molar-refractivity contribution >= 4 is 15.7 Å². The van der Waals surface area contributed by atoms with E-state index in [2.05, 4.69) is 12.2 Å². The average Bonchev–Trinajstić information content (AvgIpc) is 2.83. The number of hydrogen-bond donors (Lipinski definition) is 1. The van der Waals surface area contributed by atoms with Crippen LogP contribution in [0.1, 0.15) is 46.5 Å². The maximum Gasteiger partial charge on any atom is 0.243 e. The Kier molecular flexibility index (Phi) is 4.44. The lowest BCUT2D eigenvalue weighted by atomic mass is 9.99. The Hall–Kier alpha value is -0.620. The van der Waals surface area contributed by atoms with E-state index in [1.165, 1.54) is 0 Å². The molecule has 0 aromatic carbocycles. The number of hydrogen-bond acceptors (Lipinski definition) is 4. The molecule has 2 aliphatic heterocycles. The van der Waals surface area contributed by atoms with Crippen molar-refractivity contribution in [3.63, 3.8) is 0 Å². The van der Waals surface area contributed by atoms with Gasteiger partial charge in [-0.3, -0.25) is 10.1 Å². The molecule has 2 fully saturated rings. The number of carbonyl (C=O) groups excluding carboxylic acids is 1. The van der Waals surface area contributed by atoms with E-state index in [4.69, 9.17) is 0 Å². The van der Waals surface area contributed by atoms with E-state index < -0.39 is 15.4 Å². The van der Waals surface area contributed by atoms with Crippen LogP contribution in [-0.4, -0.2) is 49.0 Å². The molecule has 116 valence electrons. The molecule has 1 amide bonds. The van der Waals surface area contributed by atoms with Crippen LogP contribution in [0.15, 0.2) is 0 Å². The third kappa shape index (κ3) is 3.01. The van der Waals surface area contributed by atoms with Crippen LogP contribution >= 0.6 is 0 Å². The molecule has 0 spiro atoms. The normalized spacial score (nSPS) is 36.8. The largest absolute Gasteiger partial charge is 0.325 e. The maximum atomic E-state index is 12.6. The molecule has 3 atom stereocenters. The standard InChI is InChI=1S/C14H26N2O3S/c1-4-6-12-15-14(3,5-2)13(17)16(12)9-11-7-8-20(18,19)10-11/h11-12,15H,4-10H2,1-3H3. The Morgan fingerprint density at radius 3 is 2.60 bits per heavy atom. The molecule has 20 heavy (non-hydrogen) atoms. The summed E-state index contributed by atoms with van der Waals surface area (Å²) in [6.45, 7) is 6.64. The number of rotatable bonds is 5. The summed E-state index contributed by atoms with van der Waals surface area (Å²) in [6.07, 6.45) is 3.42. The van der Waals surface area contributed by atoms with Crippen molar-refractivity contribution in [1.82, 2.24) is 10.2 Å². The summed E-state index contributed by atoms with van der Waals surface area (Å²) in [6, 6.07) is 0. The molecule has 0 saturated carbocycles. The molecule has 5 nitrogen and oxygen atoms in total. The highest BCUT2D eigenvalue weighted by atomic mass is 32.2. The van der Waals surface area contributed by atoms with Crippen LogP contribution in [0.25, 0.3) is 0 Å². The number of nitrogens with one attached hydrogen (secondary N) is 1. The summed E-state index contributed by atoms with van der Waals surface area (Å²) in [7, 11) is -2.88. The van der Waals surface area contributed by atoms with E-state index in [0.29, 0.717) is 13.0 Å². The monoisotopic (exact) mass is 302 g/mol. The lowest BCUT2D eigenvalue weighted by molar-refractivity contribution is -0.133. The van der Waals surface area contributed by atoms with E-state index in [9.17, 15) is 13.2 Å². The van der Waals surface area contributed by atoms with Crippen LogP contribution in [0.4, 0.5) is 0 Å². The van der Waals surface area contributed by atoms with Crippen molar-refractivity contribution in [2.75, 3.05) is 18.1 Å². The lowest BCUT2D eigenvalue weighted by Crippen LogP contribution is -2.43. The van der Waals surface area contributed by atoms with Gasteiger partial charge in [0, 0.05) is 6.54 Å². The fraction of sp³-hybridized carbons (Fsp3) is 0.929. The molecule has 0 aromatic rings. The fourth-order valence-corrected chi connectivity index (χ4v) is 5.07. The van der Waals surface area contributed by atoms with Crippen LogP contribution in [0.2, 0.25) is 0 Å². The molecular weight excluding hydrogens is 276 g/mol. The van der Waals surface area contributed by atoms with E-state index in [0.717, 1.165) is 19.3 Å². The van der Waals surface area contributed by atoms with Crippen molar-refractivity contribution in [2.24, 2.45) is 5.92 Å². The smallest absolute Gasteiger partial charge is 0.243 e.